The van der Waals surface area contributed by atoms with Crippen molar-refractivity contribution in [3.8, 4) is 0 Å². The predicted octanol–water partition coefficient (Wildman–Crippen LogP) is 0.428. The molecule has 16 heavy (non-hydrogen) atoms. The Balaban J connectivity index is 2.30. The van der Waals surface area contributed by atoms with Crippen molar-refractivity contribution in [2.75, 3.05) is 26.7 Å². The Morgan fingerprint density at radius 1 is 1.50 bits per heavy atom. The standard InChI is InChI=1S/C12H25N3O/c1-9-4-6-15(8-10(9)2)7-5-11(14-3)12(13)16/h9-11,14H,4-8H2,1-3H3,(H2,13,16). The van der Waals surface area contributed by atoms with Gasteiger partial charge in [0, 0.05) is 13.1 Å². The van der Waals surface area contributed by atoms with Gasteiger partial charge in [0.05, 0.1) is 6.04 Å². The molecule has 0 spiro atoms. The van der Waals surface area contributed by atoms with E-state index in [-0.39, 0.29) is 11.9 Å². The summed E-state index contributed by atoms with van der Waals surface area (Å²) in [5, 5.41) is 2.96. The van der Waals surface area contributed by atoms with E-state index in [4.69, 9.17) is 5.73 Å². The fraction of sp³-hybridized carbons (Fsp3) is 0.917. The third-order valence-electron chi connectivity index (χ3n) is 3.84. The number of likely N-dealkylation sites (tertiary alicyclic amines) is 1. The summed E-state index contributed by atoms with van der Waals surface area (Å²) >= 11 is 0. The molecule has 1 rings (SSSR count). The quantitative estimate of drug-likeness (QED) is 0.716. The Morgan fingerprint density at radius 3 is 2.69 bits per heavy atom. The average Bonchev–Trinajstić information content (AvgIpc) is 2.23. The van der Waals surface area contributed by atoms with Gasteiger partial charge in [-0.05, 0) is 38.3 Å². The van der Waals surface area contributed by atoms with Crippen LogP contribution in [0.5, 0.6) is 0 Å². The second kappa shape index (κ2) is 6.21. The predicted molar refractivity (Wildman–Crippen MR) is 66.0 cm³/mol. The Morgan fingerprint density at radius 2 is 2.19 bits per heavy atom. The van der Waals surface area contributed by atoms with Crippen molar-refractivity contribution in [1.29, 1.82) is 0 Å². The second-order valence-corrected chi connectivity index (χ2v) is 5.08. The maximum atomic E-state index is 11.1. The number of rotatable bonds is 5. The lowest BCUT2D eigenvalue weighted by Gasteiger charge is -2.35. The Kier molecular flexibility index (Phi) is 5.22. The van der Waals surface area contributed by atoms with E-state index >= 15 is 0 Å². The largest absolute Gasteiger partial charge is 0.368 e. The minimum Gasteiger partial charge on any atom is -0.368 e. The summed E-state index contributed by atoms with van der Waals surface area (Å²) in [4.78, 5) is 13.5. The van der Waals surface area contributed by atoms with Gasteiger partial charge < -0.3 is 16.0 Å². The van der Waals surface area contributed by atoms with Crippen LogP contribution in [-0.2, 0) is 4.79 Å². The molecular weight excluding hydrogens is 202 g/mol. The number of hydrogen-bond acceptors (Lipinski definition) is 3. The summed E-state index contributed by atoms with van der Waals surface area (Å²) in [6.45, 7) is 7.89. The first kappa shape index (κ1) is 13.5. The number of carbonyl (C=O) groups is 1. The van der Waals surface area contributed by atoms with Crippen molar-refractivity contribution in [1.82, 2.24) is 10.2 Å². The molecule has 3 unspecified atom stereocenters. The van der Waals surface area contributed by atoms with Crippen molar-refractivity contribution in [3.05, 3.63) is 0 Å². The highest BCUT2D eigenvalue weighted by molar-refractivity contribution is 5.79. The van der Waals surface area contributed by atoms with Crippen LogP contribution in [0.15, 0.2) is 0 Å². The van der Waals surface area contributed by atoms with Crippen LogP contribution in [0.4, 0.5) is 0 Å². The van der Waals surface area contributed by atoms with Gasteiger partial charge in [-0.25, -0.2) is 0 Å². The van der Waals surface area contributed by atoms with Crippen LogP contribution in [0, 0.1) is 11.8 Å². The summed E-state index contributed by atoms with van der Waals surface area (Å²) in [5.74, 6) is 1.34. The fourth-order valence-corrected chi connectivity index (χ4v) is 2.29. The molecule has 1 aliphatic heterocycles. The summed E-state index contributed by atoms with van der Waals surface area (Å²) in [6, 6.07) is -0.186. The molecular formula is C12H25N3O. The number of nitrogens with one attached hydrogen (secondary N) is 1. The molecule has 4 nitrogen and oxygen atoms in total. The third-order valence-corrected chi connectivity index (χ3v) is 3.84. The van der Waals surface area contributed by atoms with Gasteiger partial charge in [0.25, 0.3) is 0 Å². The van der Waals surface area contributed by atoms with E-state index < -0.39 is 0 Å². The molecule has 0 aliphatic carbocycles. The van der Waals surface area contributed by atoms with Crippen LogP contribution < -0.4 is 11.1 Å². The highest BCUT2D eigenvalue weighted by Crippen LogP contribution is 2.22. The molecule has 1 saturated heterocycles. The van der Waals surface area contributed by atoms with E-state index in [1.165, 1.54) is 6.42 Å². The molecule has 3 N–H and O–H groups in total. The van der Waals surface area contributed by atoms with Crippen LogP contribution in [0.2, 0.25) is 0 Å². The first-order valence-electron chi connectivity index (χ1n) is 6.23. The number of primary amides is 1. The van der Waals surface area contributed by atoms with Crippen LogP contribution in [0.1, 0.15) is 26.7 Å². The van der Waals surface area contributed by atoms with Crippen LogP contribution in [-0.4, -0.2) is 43.5 Å². The van der Waals surface area contributed by atoms with E-state index in [9.17, 15) is 4.79 Å². The second-order valence-electron chi connectivity index (χ2n) is 5.08. The highest BCUT2D eigenvalue weighted by atomic mass is 16.1. The lowest BCUT2D eigenvalue weighted by atomic mass is 9.88. The molecule has 4 heteroatoms. The van der Waals surface area contributed by atoms with Crippen molar-refractivity contribution < 1.29 is 4.79 Å². The molecule has 1 heterocycles. The number of nitrogens with two attached hydrogens (primary N) is 1. The average molecular weight is 227 g/mol. The van der Waals surface area contributed by atoms with Crippen LogP contribution in [0.25, 0.3) is 0 Å². The molecule has 1 fully saturated rings. The van der Waals surface area contributed by atoms with Crippen molar-refractivity contribution in [2.24, 2.45) is 17.6 Å². The first-order valence-corrected chi connectivity index (χ1v) is 6.23. The molecule has 94 valence electrons. The number of amides is 1. The zero-order chi connectivity index (χ0) is 12.1. The maximum absolute atomic E-state index is 11.1. The number of piperidine rings is 1. The topological polar surface area (TPSA) is 58.4 Å². The van der Waals surface area contributed by atoms with E-state index in [0.717, 1.165) is 37.9 Å². The minimum absolute atomic E-state index is 0.186. The Bertz CT molecular complexity index is 232. The zero-order valence-corrected chi connectivity index (χ0v) is 10.7. The summed E-state index contributed by atoms with van der Waals surface area (Å²) in [7, 11) is 1.79. The van der Waals surface area contributed by atoms with Gasteiger partial charge in [-0.2, -0.15) is 0 Å². The summed E-state index contributed by atoms with van der Waals surface area (Å²) in [5.41, 5.74) is 5.29. The van der Waals surface area contributed by atoms with E-state index in [0.29, 0.717) is 0 Å². The summed E-state index contributed by atoms with van der Waals surface area (Å²) in [6.07, 6.45) is 2.08. The normalized spacial score (nSPS) is 28.9. The molecule has 0 aromatic rings. The molecule has 0 bridgehead atoms. The van der Waals surface area contributed by atoms with Gasteiger partial charge in [0.15, 0.2) is 0 Å². The minimum atomic E-state index is -0.249. The van der Waals surface area contributed by atoms with Crippen molar-refractivity contribution >= 4 is 5.91 Å². The van der Waals surface area contributed by atoms with Crippen molar-refractivity contribution in [3.63, 3.8) is 0 Å². The van der Waals surface area contributed by atoms with Crippen molar-refractivity contribution in [2.45, 2.75) is 32.7 Å². The first-order chi connectivity index (χ1) is 7.54. The van der Waals surface area contributed by atoms with E-state index in [1.54, 1.807) is 7.05 Å². The highest BCUT2D eigenvalue weighted by Gasteiger charge is 2.23. The Hall–Kier alpha value is -0.610. The molecule has 0 aromatic heterocycles. The van der Waals surface area contributed by atoms with Gasteiger partial charge in [-0.15, -0.1) is 0 Å². The van der Waals surface area contributed by atoms with Gasteiger partial charge >= 0.3 is 0 Å². The van der Waals surface area contributed by atoms with Gasteiger partial charge in [0.1, 0.15) is 0 Å². The van der Waals surface area contributed by atoms with E-state index in [1.807, 2.05) is 0 Å². The molecule has 0 aromatic carbocycles. The third kappa shape index (κ3) is 3.76. The summed E-state index contributed by atoms with van der Waals surface area (Å²) < 4.78 is 0. The van der Waals surface area contributed by atoms with Crippen LogP contribution >= 0.6 is 0 Å². The zero-order valence-electron chi connectivity index (χ0n) is 10.7. The van der Waals surface area contributed by atoms with Gasteiger partial charge in [-0.3, -0.25) is 4.79 Å². The number of hydrogen-bond donors (Lipinski definition) is 2. The smallest absolute Gasteiger partial charge is 0.234 e. The molecule has 1 amide bonds. The van der Waals surface area contributed by atoms with Crippen LogP contribution in [0.3, 0.4) is 0 Å². The lowest BCUT2D eigenvalue weighted by Crippen LogP contribution is -2.44. The number of likely N-dealkylation sites (N-methyl/N-ethyl adjacent to an activating group) is 1. The SMILES string of the molecule is CNC(CCN1CCC(C)C(C)C1)C(N)=O. The molecule has 0 radical (unpaired) electrons. The molecule has 0 saturated carbocycles. The maximum Gasteiger partial charge on any atom is 0.234 e. The van der Waals surface area contributed by atoms with E-state index in [2.05, 4.69) is 24.1 Å². The molecule has 1 aliphatic rings. The Labute approximate surface area is 98.6 Å². The van der Waals surface area contributed by atoms with Gasteiger partial charge in [0.2, 0.25) is 5.91 Å². The fourth-order valence-electron chi connectivity index (χ4n) is 2.29. The number of carbonyl (C=O) groups excluding carboxylic acids is 1. The number of nitrogens with zero attached hydrogens (tertiary/aromatic N) is 1. The van der Waals surface area contributed by atoms with Gasteiger partial charge in [-0.1, -0.05) is 13.8 Å². The monoisotopic (exact) mass is 227 g/mol. The molecule has 3 atom stereocenters. The lowest BCUT2D eigenvalue weighted by molar-refractivity contribution is -0.120.